The first kappa shape index (κ1) is 17.8. The first-order valence-corrected chi connectivity index (χ1v) is 8.93. The molecule has 140 valence electrons. The summed E-state index contributed by atoms with van der Waals surface area (Å²) in [4.78, 5) is 9.05. The van der Waals surface area contributed by atoms with Crippen molar-refractivity contribution in [1.82, 2.24) is 4.98 Å². The largest absolute Gasteiger partial charge is 0.504 e. The molecule has 4 rings (SSSR count). The Kier molecular flexibility index (Phi) is 4.57. The topological polar surface area (TPSA) is 67.9 Å². The average Bonchev–Trinajstić information content (AvgIpc) is 3.12. The number of aromatic nitrogens is 1. The lowest BCUT2D eigenvalue weighted by Crippen LogP contribution is -1.88. The Bertz CT molecular complexity index is 1190. The van der Waals surface area contributed by atoms with Crippen molar-refractivity contribution in [1.29, 1.82) is 0 Å². The molecule has 5 nitrogen and oxygen atoms in total. The van der Waals surface area contributed by atoms with Crippen LogP contribution in [0.1, 0.15) is 16.7 Å². The van der Waals surface area contributed by atoms with E-state index >= 15 is 0 Å². The van der Waals surface area contributed by atoms with E-state index in [4.69, 9.17) is 9.15 Å². The Morgan fingerprint density at radius 3 is 2.68 bits per heavy atom. The number of methoxy groups -OCH3 is 1. The van der Waals surface area contributed by atoms with Crippen LogP contribution >= 0.6 is 0 Å². The average molecular weight is 372 g/mol. The quantitative estimate of drug-likeness (QED) is 0.475. The smallest absolute Gasteiger partial charge is 0.227 e. The van der Waals surface area contributed by atoms with Crippen LogP contribution in [0.25, 0.3) is 22.6 Å². The Hall–Kier alpha value is -3.60. The number of aliphatic imine (C=N–C) groups is 1. The van der Waals surface area contributed by atoms with Gasteiger partial charge in [-0.1, -0.05) is 12.1 Å². The summed E-state index contributed by atoms with van der Waals surface area (Å²) in [5.74, 6) is 1.06. The van der Waals surface area contributed by atoms with Crippen molar-refractivity contribution in [3.8, 4) is 23.0 Å². The number of rotatable bonds is 4. The van der Waals surface area contributed by atoms with E-state index in [1.54, 1.807) is 24.4 Å². The molecular weight excluding hydrogens is 352 g/mol. The Morgan fingerprint density at radius 1 is 1.04 bits per heavy atom. The molecule has 0 fully saturated rings. The third kappa shape index (κ3) is 3.34. The number of hydrogen-bond acceptors (Lipinski definition) is 5. The molecule has 0 aliphatic heterocycles. The minimum Gasteiger partial charge on any atom is -0.504 e. The van der Waals surface area contributed by atoms with Crippen LogP contribution in [-0.2, 0) is 0 Å². The van der Waals surface area contributed by atoms with Crippen molar-refractivity contribution >= 4 is 23.0 Å². The summed E-state index contributed by atoms with van der Waals surface area (Å²) in [6, 6.07) is 17.0. The summed E-state index contributed by atoms with van der Waals surface area (Å²) in [5.41, 5.74) is 6.12. The summed E-state index contributed by atoms with van der Waals surface area (Å²) in [6.07, 6.45) is 1.60. The second-order valence-corrected chi connectivity index (χ2v) is 6.63. The zero-order valence-electron chi connectivity index (χ0n) is 15.9. The Labute approximate surface area is 163 Å². The van der Waals surface area contributed by atoms with Gasteiger partial charge >= 0.3 is 0 Å². The van der Waals surface area contributed by atoms with Gasteiger partial charge in [-0.25, -0.2) is 4.98 Å². The fourth-order valence-corrected chi connectivity index (χ4v) is 2.95. The van der Waals surface area contributed by atoms with E-state index in [2.05, 4.69) is 36.0 Å². The van der Waals surface area contributed by atoms with Crippen LogP contribution in [0, 0.1) is 13.8 Å². The first-order chi connectivity index (χ1) is 13.5. The fourth-order valence-electron chi connectivity index (χ4n) is 2.95. The lowest BCUT2D eigenvalue weighted by molar-refractivity contribution is 0.373. The van der Waals surface area contributed by atoms with Crippen molar-refractivity contribution in [2.24, 2.45) is 4.99 Å². The summed E-state index contributed by atoms with van der Waals surface area (Å²) in [7, 11) is 1.52. The molecule has 0 aliphatic rings. The van der Waals surface area contributed by atoms with Crippen molar-refractivity contribution in [3.63, 3.8) is 0 Å². The van der Waals surface area contributed by atoms with Crippen molar-refractivity contribution in [3.05, 3.63) is 71.3 Å². The van der Waals surface area contributed by atoms with Gasteiger partial charge in [0, 0.05) is 17.3 Å². The number of aromatic hydroxyl groups is 1. The predicted molar refractivity (Wildman–Crippen MR) is 111 cm³/mol. The first-order valence-electron chi connectivity index (χ1n) is 8.93. The van der Waals surface area contributed by atoms with Crippen LogP contribution in [0.5, 0.6) is 11.5 Å². The van der Waals surface area contributed by atoms with E-state index in [0.717, 1.165) is 16.8 Å². The van der Waals surface area contributed by atoms with Crippen LogP contribution in [-0.4, -0.2) is 23.4 Å². The molecule has 0 spiro atoms. The summed E-state index contributed by atoms with van der Waals surface area (Å²) < 4.78 is 11.0. The second-order valence-electron chi connectivity index (χ2n) is 6.63. The molecule has 0 amide bonds. The molecule has 0 bridgehead atoms. The van der Waals surface area contributed by atoms with Crippen molar-refractivity contribution < 1.29 is 14.3 Å². The van der Waals surface area contributed by atoms with Gasteiger partial charge in [0.25, 0.3) is 0 Å². The summed E-state index contributed by atoms with van der Waals surface area (Å²) in [5, 5.41) is 10.2. The van der Waals surface area contributed by atoms with E-state index in [1.165, 1.54) is 18.2 Å². The molecule has 0 unspecified atom stereocenters. The molecule has 0 radical (unpaired) electrons. The molecular formula is C23H20N2O3. The Balaban J connectivity index is 1.66. The normalized spacial score (nSPS) is 11.4. The highest BCUT2D eigenvalue weighted by atomic mass is 16.5. The van der Waals surface area contributed by atoms with Gasteiger partial charge in [0.1, 0.15) is 5.52 Å². The van der Waals surface area contributed by atoms with Crippen molar-refractivity contribution in [2.45, 2.75) is 13.8 Å². The number of fused-ring (bicyclic) bond motifs is 1. The number of aryl methyl sites for hydroxylation is 2. The number of phenolic OH excluding ortho intramolecular Hbond substituents is 1. The standard InChI is InChI=1S/C23H20N2O3/c1-14-7-8-16(11-15(14)2)23-25-19-12-18(9-10-20(19)28-23)24-13-17-5-4-6-21(27-3)22(17)26/h4-13,26H,1-3H3. The zero-order chi connectivity index (χ0) is 19.7. The molecule has 0 aliphatic carbocycles. The molecule has 1 N–H and O–H groups in total. The molecule has 5 heteroatoms. The van der Waals surface area contributed by atoms with E-state index < -0.39 is 0 Å². The highest BCUT2D eigenvalue weighted by Gasteiger charge is 2.10. The van der Waals surface area contributed by atoms with E-state index in [0.29, 0.717) is 22.8 Å². The van der Waals surface area contributed by atoms with Gasteiger partial charge in [-0.15, -0.1) is 0 Å². The van der Waals surface area contributed by atoms with Gasteiger partial charge in [-0.2, -0.15) is 0 Å². The SMILES string of the molecule is COc1cccc(C=Nc2ccc3oc(-c4ccc(C)c(C)c4)nc3c2)c1O. The number of oxazole rings is 1. The monoisotopic (exact) mass is 372 g/mol. The highest BCUT2D eigenvalue weighted by molar-refractivity contribution is 5.88. The zero-order valence-corrected chi connectivity index (χ0v) is 15.9. The second kappa shape index (κ2) is 7.19. The number of hydrogen-bond donors (Lipinski definition) is 1. The fraction of sp³-hybridized carbons (Fsp3) is 0.130. The van der Waals surface area contributed by atoms with Crippen molar-refractivity contribution in [2.75, 3.05) is 7.11 Å². The third-order valence-corrected chi connectivity index (χ3v) is 4.73. The number of phenols is 1. The molecule has 4 aromatic rings. The van der Waals surface area contributed by atoms with Crippen LogP contribution in [0.3, 0.4) is 0 Å². The molecule has 3 aromatic carbocycles. The molecule has 0 atom stereocenters. The van der Waals surface area contributed by atoms with Gasteiger partial charge in [0.2, 0.25) is 5.89 Å². The maximum absolute atomic E-state index is 10.2. The number of benzene rings is 3. The molecule has 0 saturated carbocycles. The van der Waals surface area contributed by atoms with Crippen LogP contribution < -0.4 is 4.74 Å². The van der Waals surface area contributed by atoms with Gasteiger partial charge in [0.05, 0.1) is 12.8 Å². The van der Waals surface area contributed by atoms with Gasteiger partial charge in [-0.05, 0) is 67.4 Å². The van der Waals surface area contributed by atoms with E-state index in [9.17, 15) is 5.11 Å². The van der Waals surface area contributed by atoms with E-state index in [1.807, 2.05) is 24.3 Å². The van der Waals surface area contributed by atoms with Crippen LogP contribution in [0.15, 0.2) is 64.0 Å². The minimum absolute atomic E-state index is 0.0632. The van der Waals surface area contributed by atoms with Gasteiger partial charge in [0.15, 0.2) is 17.1 Å². The van der Waals surface area contributed by atoms with Crippen LogP contribution in [0.4, 0.5) is 5.69 Å². The number of ether oxygens (including phenoxy) is 1. The molecule has 28 heavy (non-hydrogen) atoms. The van der Waals surface area contributed by atoms with E-state index in [-0.39, 0.29) is 5.75 Å². The maximum Gasteiger partial charge on any atom is 0.227 e. The maximum atomic E-state index is 10.2. The third-order valence-electron chi connectivity index (χ3n) is 4.73. The van der Waals surface area contributed by atoms with Gasteiger partial charge < -0.3 is 14.3 Å². The Morgan fingerprint density at radius 2 is 1.89 bits per heavy atom. The highest BCUT2D eigenvalue weighted by Crippen LogP contribution is 2.30. The lowest BCUT2D eigenvalue weighted by atomic mass is 10.1. The molecule has 0 saturated heterocycles. The number of nitrogens with zero attached hydrogens (tertiary/aromatic N) is 2. The summed E-state index contributed by atoms with van der Waals surface area (Å²) >= 11 is 0. The summed E-state index contributed by atoms with van der Waals surface area (Å²) in [6.45, 7) is 4.15. The van der Waals surface area contributed by atoms with Gasteiger partial charge in [-0.3, -0.25) is 4.99 Å². The lowest BCUT2D eigenvalue weighted by Gasteiger charge is -2.04. The minimum atomic E-state index is 0.0632. The molecule has 1 heterocycles. The molecule has 1 aromatic heterocycles. The number of para-hydroxylation sites is 1. The van der Waals surface area contributed by atoms with Crippen LogP contribution in [0.2, 0.25) is 0 Å². The predicted octanol–water partition coefficient (Wildman–Crippen LogP) is 5.58.